The number of carboxylic acids is 1. The number of hydrogen-bond acceptors (Lipinski definition) is 5. The molecule has 1 heterocycles. The van der Waals surface area contributed by atoms with Crippen LogP contribution >= 0.6 is 0 Å². The van der Waals surface area contributed by atoms with Crippen LogP contribution < -0.4 is 10.1 Å². The quantitative estimate of drug-likeness (QED) is 0.550. The van der Waals surface area contributed by atoms with Crippen molar-refractivity contribution >= 4 is 23.7 Å². The van der Waals surface area contributed by atoms with Crippen molar-refractivity contribution in [3.05, 3.63) is 29.8 Å². The number of rotatable bonds is 8. The predicted molar refractivity (Wildman–Crippen MR) is 137 cm³/mol. The maximum atomic E-state index is 13.8. The first-order chi connectivity index (χ1) is 17.9. The van der Waals surface area contributed by atoms with E-state index in [1.54, 1.807) is 29.2 Å². The zero-order chi connectivity index (χ0) is 26.4. The van der Waals surface area contributed by atoms with Gasteiger partial charge in [0.2, 0.25) is 5.91 Å². The van der Waals surface area contributed by atoms with Crippen LogP contribution in [0, 0.1) is 11.8 Å². The largest absolute Gasteiger partial charge is 0.497 e. The molecule has 4 rings (SSSR count). The highest BCUT2D eigenvalue weighted by atomic mass is 16.5. The molecule has 0 bridgehead atoms. The van der Waals surface area contributed by atoms with E-state index in [2.05, 4.69) is 5.32 Å². The van der Waals surface area contributed by atoms with E-state index >= 15 is 0 Å². The van der Waals surface area contributed by atoms with Crippen LogP contribution in [0.25, 0.3) is 0 Å². The highest BCUT2D eigenvalue weighted by Gasteiger charge is 2.45. The Balaban J connectivity index is 1.60. The van der Waals surface area contributed by atoms with Crippen molar-refractivity contribution in [2.45, 2.75) is 82.8 Å². The summed E-state index contributed by atoms with van der Waals surface area (Å²) in [5.41, 5.74) is 0.374. The Hall–Kier alpha value is -3.10. The van der Waals surface area contributed by atoms with E-state index < -0.39 is 24.1 Å². The fourth-order valence-electron chi connectivity index (χ4n) is 6.18. The van der Waals surface area contributed by atoms with Crippen LogP contribution in [0.2, 0.25) is 0 Å². The van der Waals surface area contributed by atoms with Gasteiger partial charge in [-0.05, 0) is 49.8 Å². The molecule has 1 saturated heterocycles. The van der Waals surface area contributed by atoms with Gasteiger partial charge in [-0.3, -0.25) is 19.2 Å². The number of carbonyl (C=O) groups excluding carboxylic acids is 3. The van der Waals surface area contributed by atoms with Crippen LogP contribution in [0.1, 0.15) is 81.0 Å². The topological polar surface area (TPSA) is 116 Å². The molecule has 202 valence electrons. The number of benzene rings is 1. The van der Waals surface area contributed by atoms with Gasteiger partial charge in [-0.1, -0.05) is 44.6 Å². The number of nitrogens with zero attached hydrogens (tertiary/aromatic N) is 2. The Kier molecular flexibility index (Phi) is 9.05. The summed E-state index contributed by atoms with van der Waals surface area (Å²) in [6.45, 7) is 0.510. The van der Waals surface area contributed by atoms with E-state index in [4.69, 9.17) is 4.74 Å². The van der Waals surface area contributed by atoms with E-state index in [1.807, 2.05) is 0 Å². The molecule has 9 nitrogen and oxygen atoms in total. The molecule has 2 N–H and O–H groups in total. The summed E-state index contributed by atoms with van der Waals surface area (Å²) in [6.07, 6.45) is 8.21. The number of carboxylic acid groups (broad SMARTS) is 1. The Labute approximate surface area is 218 Å². The van der Waals surface area contributed by atoms with Crippen LogP contribution in [0.3, 0.4) is 0 Å². The van der Waals surface area contributed by atoms with Gasteiger partial charge in [0.15, 0.2) is 6.17 Å². The molecule has 3 amide bonds. The molecular weight excluding hydrogens is 474 g/mol. The third-order valence-electron chi connectivity index (χ3n) is 8.16. The minimum atomic E-state index is -1.10. The number of amides is 3. The lowest BCUT2D eigenvalue weighted by molar-refractivity contribution is -0.146. The molecule has 0 radical (unpaired) electrons. The van der Waals surface area contributed by atoms with Gasteiger partial charge in [0.05, 0.1) is 13.5 Å². The van der Waals surface area contributed by atoms with Crippen molar-refractivity contribution < 1.29 is 29.0 Å². The second kappa shape index (κ2) is 12.4. The first-order valence-electron chi connectivity index (χ1n) is 13.7. The van der Waals surface area contributed by atoms with E-state index in [1.165, 1.54) is 12.0 Å². The number of methoxy groups -OCH3 is 1. The summed E-state index contributed by atoms with van der Waals surface area (Å²) in [4.78, 5) is 55.7. The molecule has 2 atom stereocenters. The fraction of sp³-hybridized carbons (Fsp3) is 0.643. The molecule has 1 aromatic rings. The van der Waals surface area contributed by atoms with Gasteiger partial charge >= 0.3 is 5.97 Å². The first kappa shape index (κ1) is 26.9. The average molecular weight is 514 g/mol. The van der Waals surface area contributed by atoms with E-state index in [9.17, 15) is 24.3 Å². The maximum absolute atomic E-state index is 13.8. The number of ether oxygens (including phenoxy) is 1. The van der Waals surface area contributed by atoms with Gasteiger partial charge in [-0.2, -0.15) is 0 Å². The normalized spacial score (nSPS) is 21.9. The highest BCUT2D eigenvalue weighted by Crippen LogP contribution is 2.31. The maximum Gasteiger partial charge on any atom is 0.305 e. The van der Waals surface area contributed by atoms with Crippen molar-refractivity contribution in [3.63, 3.8) is 0 Å². The van der Waals surface area contributed by atoms with Crippen LogP contribution in [-0.4, -0.2) is 71.0 Å². The summed E-state index contributed by atoms with van der Waals surface area (Å²) in [5.74, 6) is -1.44. The summed E-state index contributed by atoms with van der Waals surface area (Å²) in [5, 5.41) is 12.5. The first-order valence-corrected chi connectivity index (χ1v) is 13.7. The minimum absolute atomic E-state index is 0.0697. The molecule has 37 heavy (non-hydrogen) atoms. The molecule has 3 fully saturated rings. The average Bonchev–Trinajstić information content (AvgIpc) is 3.38. The standard InChI is InChI=1S/C28H39N3O6/c1-37-22-14-8-13-21(17-22)28(36)31-16-15-30(27(35)20-11-6-3-7-12-20)26(31)25(34)29-23(18-24(32)33)19-9-4-2-5-10-19/h8,13-14,17,19-20,23,26H,2-7,9-12,15-16,18H2,1H3,(H,29,34)(H,32,33). The van der Waals surface area contributed by atoms with Gasteiger partial charge in [0.1, 0.15) is 5.75 Å². The number of nitrogens with one attached hydrogen (secondary N) is 1. The van der Waals surface area contributed by atoms with Crippen molar-refractivity contribution in [1.82, 2.24) is 15.1 Å². The molecule has 0 spiro atoms. The van der Waals surface area contributed by atoms with Crippen LogP contribution in [0.5, 0.6) is 5.75 Å². The molecule has 1 aliphatic heterocycles. The molecule has 2 aliphatic carbocycles. The second-order valence-corrected chi connectivity index (χ2v) is 10.6. The Bertz CT molecular complexity index is 986. The zero-order valence-electron chi connectivity index (χ0n) is 21.7. The molecule has 2 unspecified atom stereocenters. The predicted octanol–water partition coefficient (Wildman–Crippen LogP) is 3.43. The lowest BCUT2D eigenvalue weighted by atomic mass is 9.82. The lowest BCUT2D eigenvalue weighted by Crippen LogP contribution is -2.57. The van der Waals surface area contributed by atoms with Crippen molar-refractivity contribution in [3.8, 4) is 5.75 Å². The SMILES string of the molecule is COc1cccc(C(=O)N2CCN(C(=O)C3CCCCC3)C2C(=O)NC(CC(=O)O)C2CCCCC2)c1. The molecule has 0 aromatic heterocycles. The van der Waals surface area contributed by atoms with Crippen molar-refractivity contribution in [2.75, 3.05) is 20.2 Å². The number of hydrogen-bond donors (Lipinski definition) is 2. The third kappa shape index (κ3) is 6.43. The van der Waals surface area contributed by atoms with Crippen LogP contribution in [-0.2, 0) is 14.4 Å². The summed E-state index contributed by atoms with van der Waals surface area (Å²) in [6, 6.07) is 6.21. The fourth-order valence-corrected chi connectivity index (χ4v) is 6.18. The smallest absolute Gasteiger partial charge is 0.305 e. The molecular formula is C28H39N3O6. The van der Waals surface area contributed by atoms with Gasteiger partial charge < -0.3 is 25.0 Å². The number of carbonyl (C=O) groups is 4. The summed E-state index contributed by atoms with van der Waals surface area (Å²) >= 11 is 0. The van der Waals surface area contributed by atoms with E-state index in [-0.39, 0.29) is 43.2 Å². The number of aliphatic carboxylic acids is 1. The zero-order valence-corrected chi connectivity index (χ0v) is 21.7. The molecule has 2 saturated carbocycles. The van der Waals surface area contributed by atoms with E-state index in [0.717, 1.165) is 64.2 Å². The van der Waals surface area contributed by atoms with Crippen molar-refractivity contribution in [2.24, 2.45) is 11.8 Å². The monoisotopic (exact) mass is 513 g/mol. The molecule has 3 aliphatic rings. The van der Waals surface area contributed by atoms with Crippen molar-refractivity contribution in [1.29, 1.82) is 0 Å². The summed E-state index contributed by atoms with van der Waals surface area (Å²) in [7, 11) is 1.52. The Morgan fingerprint density at radius 2 is 1.62 bits per heavy atom. The van der Waals surface area contributed by atoms with Gasteiger partial charge in [-0.25, -0.2) is 0 Å². The van der Waals surface area contributed by atoms with Crippen LogP contribution in [0.4, 0.5) is 0 Å². The lowest BCUT2D eigenvalue weighted by Gasteiger charge is -2.35. The van der Waals surface area contributed by atoms with Crippen LogP contribution in [0.15, 0.2) is 24.3 Å². The highest BCUT2D eigenvalue weighted by molar-refractivity contribution is 5.99. The van der Waals surface area contributed by atoms with Gasteiger partial charge in [0.25, 0.3) is 11.8 Å². The molecule has 1 aromatic carbocycles. The minimum Gasteiger partial charge on any atom is -0.497 e. The second-order valence-electron chi connectivity index (χ2n) is 10.6. The molecule has 9 heteroatoms. The Morgan fingerprint density at radius 3 is 2.27 bits per heavy atom. The summed E-state index contributed by atoms with van der Waals surface area (Å²) < 4.78 is 5.27. The van der Waals surface area contributed by atoms with Gasteiger partial charge in [-0.15, -0.1) is 0 Å². The third-order valence-corrected chi connectivity index (χ3v) is 8.16. The Morgan fingerprint density at radius 1 is 0.973 bits per heavy atom. The van der Waals surface area contributed by atoms with Gasteiger partial charge in [0, 0.05) is 30.6 Å². The van der Waals surface area contributed by atoms with E-state index in [0.29, 0.717) is 11.3 Å².